The van der Waals surface area contributed by atoms with Crippen molar-refractivity contribution in [1.82, 2.24) is 4.31 Å². The monoisotopic (exact) mass is 179 g/mol. The number of rotatable bonds is 3. The molecule has 0 amide bonds. The molecule has 1 unspecified atom stereocenters. The van der Waals surface area contributed by atoms with Crippen LogP contribution in [0, 0.1) is 5.41 Å². The third-order valence-corrected chi connectivity index (χ3v) is 2.05. The maximum absolute atomic E-state index is 10.6. The minimum absolute atomic E-state index is 0.0778. The first-order valence-corrected chi connectivity index (χ1v) is 4.79. The summed E-state index contributed by atoms with van der Waals surface area (Å²) in [6.07, 6.45) is 0. The van der Waals surface area contributed by atoms with Gasteiger partial charge in [-0.25, -0.2) is 8.51 Å². The fourth-order valence-electron chi connectivity index (χ4n) is 0.807. The van der Waals surface area contributed by atoms with E-state index in [0.717, 1.165) is 0 Å². The summed E-state index contributed by atoms with van der Waals surface area (Å²) in [7, 11) is 0. The first-order chi connectivity index (χ1) is 4.87. The van der Waals surface area contributed by atoms with Crippen molar-refractivity contribution < 1.29 is 8.76 Å². The summed E-state index contributed by atoms with van der Waals surface area (Å²) >= 11 is -1.82. The number of hydrogen-bond donors (Lipinski definition) is 1. The molecule has 0 rings (SSSR count). The second-order valence-electron chi connectivity index (χ2n) is 3.75. The molecule has 0 heterocycles. The zero-order valence-electron chi connectivity index (χ0n) is 7.63. The summed E-state index contributed by atoms with van der Waals surface area (Å²) in [4.78, 5) is 0. The molecule has 0 saturated heterocycles. The molecule has 0 aliphatic rings. The van der Waals surface area contributed by atoms with Crippen LogP contribution in [0.1, 0.15) is 27.7 Å². The van der Waals surface area contributed by atoms with Crippen molar-refractivity contribution >= 4 is 11.3 Å². The molecule has 0 bridgehead atoms. The molecular formula is C7H17NO2S. The minimum atomic E-state index is -1.82. The van der Waals surface area contributed by atoms with Crippen LogP contribution >= 0.6 is 0 Å². The third kappa shape index (κ3) is 5.35. The Morgan fingerprint density at radius 1 is 1.45 bits per heavy atom. The molecule has 0 saturated carbocycles. The molecule has 4 heteroatoms. The lowest BCUT2D eigenvalue weighted by Crippen LogP contribution is -2.33. The molecule has 3 nitrogen and oxygen atoms in total. The predicted octanol–water partition coefficient (Wildman–Crippen LogP) is 1.49. The lowest BCUT2D eigenvalue weighted by molar-refractivity contribution is 0.285. The van der Waals surface area contributed by atoms with Crippen LogP contribution in [-0.2, 0) is 11.3 Å². The maximum Gasteiger partial charge on any atom is 0.234 e. The van der Waals surface area contributed by atoms with Gasteiger partial charge in [0.1, 0.15) is 0 Å². The predicted molar refractivity (Wildman–Crippen MR) is 47.5 cm³/mol. The average molecular weight is 179 g/mol. The molecule has 0 fully saturated rings. The van der Waals surface area contributed by atoms with Gasteiger partial charge in [-0.05, 0) is 5.41 Å². The van der Waals surface area contributed by atoms with E-state index in [4.69, 9.17) is 4.55 Å². The molecule has 0 aromatic carbocycles. The lowest BCUT2D eigenvalue weighted by atomic mass is 9.97. The van der Waals surface area contributed by atoms with E-state index < -0.39 is 11.3 Å². The molecule has 0 spiro atoms. The molecule has 0 aliphatic carbocycles. The van der Waals surface area contributed by atoms with Crippen LogP contribution in [-0.4, -0.2) is 26.2 Å². The summed E-state index contributed by atoms with van der Waals surface area (Å²) in [6, 6.07) is 0. The van der Waals surface area contributed by atoms with Gasteiger partial charge in [0.25, 0.3) is 0 Å². The van der Waals surface area contributed by atoms with Gasteiger partial charge in [0.05, 0.1) is 0 Å². The summed E-state index contributed by atoms with van der Waals surface area (Å²) in [5.74, 6) is 0. The summed E-state index contributed by atoms with van der Waals surface area (Å²) in [5, 5.41) is 0. The average Bonchev–Trinajstić information content (AvgIpc) is 1.80. The molecule has 68 valence electrons. The highest BCUT2D eigenvalue weighted by molar-refractivity contribution is 7.76. The Kier molecular flexibility index (Phi) is 4.21. The molecular weight excluding hydrogens is 162 g/mol. The van der Waals surface area contributed by atoms with Crippen LogP contribution in [0.3, 0.4) is 0 Å². The first-order valence-electron chi connectivity index (χ1n) is 3.72. The smallest absolute Gasteiger partial charge is 0.234 e. The van der Waals surface area contributed by atoms with E-state index >= 15 is 0 Å². The van der Waals surface area contributed by atoms with Gasteiger partial charge in [-0.1, -0.05) is 27.7 Å². The highest BCUT2D eigenvalue weighted by atomic mass is 32.2. The molecule has 0 aromatic heterocycles. The first kappa shape index (κ1) is 11.1. The van der Waals surface area contributed by atoms with Gasteiger partial charge < -0.3 is 0 Å². The minimum Gasteiger partial charge on any atom is -0.294 e. The number of hydrogen-bond acceptors (Lipinski definition) is 1. The Bertz CT molecular complexity index is 142. The second kappa shape index (κ2) is 4.18. The van der Waals surface area contributed by atoms with E-state index in [1.165, 1.54) is 4.31 Å². The molecule has 1 N–H and O–H groups in total. The quantitative estimate of drug-likeness (QED) is 0.667. The van der Waals surface area contributed by atoms with Crippen molar-refractivity contribution in [3.05, 3.63) is 0 Å². The molecule has 0 aliphatic heterocycles. The van der Waals surface area contributed by atoms with Gasteiger partial charge >= 0.3 is 0 Å². The lowest BCUT2D eigenvalue weighted by Gasteiger charge is -2.25. The molecule has 1 atom stereocenters. The van der Waals surface area contributed by atoms with Crippen molar-refractivity contribution in [2.75, 3.05) is 13.1 Å². The normalized spacial score (nSPS) is 15.5. The fourth-order valence-corrected chi connectivity index (χ4v) is 1.53. The Hall–Kier alpha value is 0.0700. The Morgan fingerprint density at radius 3 is 2.00 bits per heavy atom. The molecule has 11 heavy (non-hydrogen) atoms. The number of nitrogens with zero attached hydrogens (tertiary/aromatic N) is 1. The standard InChI is InChI=1S/C7H17NO2S/c1-5-8(11(9)10)6-7(2,3)4/h5-6H2,1-4H3,(H,9,10). The zero-order chi connectivity index (χ0) is 9.07. The topological polar surface area (TPSA) is 40.5 Å². The van der Waals surface area contributed by atoms with Crippen molar-refractivity contribution in [3.63, 3.8) is 0 Å². The van der Waals surface area contributed by atoms with E-state index in [1.54, 1.807) is 0 Å². The van der Waals surface area contributed by atoms with E-state index in [2.05, 4.69) is 0 Å². The van der Waals surface area contributed by atoms with Crippen LogP contribution in [0.5, 0.6) is 0 Å². The van der Waals surface area contributed by atoms with Gasteiger partial charge in [-0.3, -0.25) is 4.55 Å². The summed E-state index contributed by atoms with van der Waals surface area (Å²) < 4.78 is 20.9. The van der Waals surface area contributed by atoms with E-state index in [9.17, 15) is 4.21 Å². The van der Waals surface area contributed by atoms with Gasteiger partial charge in [0.15, 0.2) is 0 Å². The Labute approximate surface area is 71.2 Å². The molecule has 0 radical (unpaired) electrons. The van der Waals surface area contributed by atoms with Gasteiger partial charge in [0.2, 0.25) is 11.3 Å². The molecule has 0 aromatic rings. The summed E-state index contributed by atoms with van der Waals surface area (Å²) in [5.41, 5.74) is 0.0778. The van der Waals surface area contributed by atoms with E-state index in [0.29, 0.717) is 13.1 Å². The Morgan fingerprint density at radius 2 is 1.91 bits per heavy atom. The van der Waals surface area contributed by atoms with Gasteiger partial charge in [-0.2, -0.15) is 0 Å². The maximum atomic E-state index is 10.6. The largest absolute Gasteiger partial charge is 0.294 e. The van der Waals surface area contributed by atoms with Crippen LogP contribution in [0.2, 0.25) is 0 Å². The van der Waals surface area contributed by atoms with E-state index in [-0.39, 0.29) is 5.41 Å². The Balaban J connectivity index is 3.99. The van der Waals surface area contributed by atoms with Crippen molar-refractivity contribution in [3.8, 4) is 0 Å². The van der Waals surface area contributed by atoms with Crippen molar-refractivity contribution in [1.29, 1.82) is 0 Å². The van der Waals surface area contributed by atoms with Crippen LogP contribution < -0.4 is 0 Å². The van der Waals surface area contributed by atoms with Crippen molar-refractivity contribution in [2.24, 2.45) is 5.41 Å². The van der Waals surface area contributed by atoms with Gasteiger partial charge in [0, 0.05) is 13.1 Å². The summed E-state index contributed by atoms with van der Waals surface area (Å²) in [6.45, 7) is 9.26. The fraction of sp³-hybridized carbons (Fsp3) is 1.00. The highest BCUT2D eigenvalue weighted by Gasteiger charge is 2.18. The van der Waals surface area contributed by atoms with Crippen LogP contribution in [0.15, 0.2) is 0 Å². The van der Waals surface area contributed by atoms with Crippen LogP contribution in [0.25, 0.3) is 0 Å². The van der Waals surface area contributed by atoms with Crippen molar-refractivity contribution in [2.45, 2.75) is 27.7 Å². The second-order valence-corrected chi connectivity index (χ2v) is 4.73. The third-order valence-electron chi connectivity index (χ3n) is 1.22. The highest BCUT2D eigenvalue weighted by Crippen LogP contribution is 2.15. The van der Waals surface area contributed by atoms with Crippen LogP contribution in [0.4, 0.5) is 0 Å². The van der Waals surface area contributed by atoms with Gasteiger partial charge in [-0.15, -0.1) is 0 Å². The van der Waals surface area contributed by atoms with E-state index in [1.807, 2.05) is 27.7 Å². The zero-order valence-corrected chi connectivity index (χ0v) is 8.44. The SMILES string of the molecule is CCN(CC(C)(C)C)S(=O)O.